The van der Waals surface area contributed by atoms with Crippen LogP contribution in [0.1, 0.15) is 29.7 Å². The fourth-order valence-electron chi connectivity index (χ4n) is 2.41. The Morgan fingerprint density at radius 3 is 3.05 bits per heavy atom. The van der Waals surface area contributed by atoms with Crippen molar-refractivity contribution in [3.8, 4) is 5.75 Å². The third-order valence-corrected chi connectivity index (χ3v) is 3.43. The Balaban J connectivity index is 1.74. The fraction of sp³-hybridized carbons (Fsp3) is 0.429. The Labute approximate surface area is 116 Å². The maximum absolute atomic E-state index is 9.50. The molecule has 6 nitrogen and oxygen atoms in total. The van der Waals surface area contributed by atoms with Gasteiger partial charge in [0.25, 0.3) is 0 Å². The van der Waals surface area contributed by atoms with E-state index < -0.39 is 0 Å². The molecule has 1 aliphatic heterocycles. The number of β-amino-alcohol motifs (C(OH)–C–C–N with tert-alkyl or cyclic N) is 1. The number of methoxy groups -OCH3 is 1. The first-order chi connectivity index (χ1) is 9.76. The van der Waals surface area contributed by atoms with E-state index in [9.17, 15) is 5.11 Å². The molecule has 0 bridgehead atoms. The Kier molecular flexibility index (Phi) is 3.66. The molecule has 1 aromatic carbocycles. The van der Waals surface area contributed by atoms with Gasteiger partial charge in [0.15, 0.2) is 5.82 Å². The van der Waals surface area contributed by atoms with Gasteiger partial charge in [-0.2, -0.15) is 4.98 Å². The van der Waals surface area contributed by atoms with E-state index in [1.54, 1.807) is 7.11 Å². The van der Waals surface area contributed by atoms with E-state index in [1.165, 1.54) is 0 Å². The minimum absolute atomic E-state index is 0.0519. The maximum atomic E-state index is 9.50. The Morgan fingerprint density at radius 2 is 2.30 bits per heavy atom. The van der Waals surface area contributed by atoms with E-state index in [4.69, 9.17) is 9.26 Å². The Hall–Kier alpha value is -1.92. The van der Waals surface area contributed by atoms with Crippen LogP contribution in [0.2, 0.25) is 0 Å². The summed E-state index contributed by atoms with van der Waals surface area (Å²) in [5.74, 6) is 1.97. The molecule has 20 heavy (non-hydrogen) atoms. The van der Waals surface area contributed by atoms with Crippen LogP contribution in [0.5, 0.6) is 5.75 Å². The van der Waals surface area contributed by atoms with Crippen LogP contribution in [0.3, 0.4) is 0 Å². The van der Waals surface area contributed by atoms with Gasteiger partial charge >= 0.3 is 0 Å². The summed E-state index contributed by atoms with van der Waals surface area (Å²) in [6.45, 7) is 0.564. The smallest absolute Gasteiger partial charge is 0.243 e. The normalized spacial score (nSPS) is 22.1. The summed E-state index contributed by atoms with van der Waals surface area (Å²) in [6.07, 6.45) is 0.823. The summed E-state index contributed by atoms with van der Waals surface area (Å²) < 4.78 is 10.6. The number of hydrogen-bond donors (Lipinski definition) is 2. The molecular weight excluding hydrogens is 258 g/mol. The number of aromatic nitrogens is 2. The zero-order chi connectivity index (χ0) is 13.9. The molecule has 1 aromatic heterocycles. The van der Waals surface area contributed by atoms with Crippen molar-refractivity contribution < 1.29 is 14.4 Å². The summed E-state index contributed by atoms with van der Waals surface area (Å²) in [4.78, 5) is 4.39. The standard InChI is InChI=1S/C14H17N3O3/c1-19-12-5-3-2-4-9(12)6-13-16-14(20-17-13)11-7-10(18)8-15-11/h2-5,10-11,15,18H,6-8H2,1H3/t10-,11-/m0/s1. The topological polar surface area (TPSA) is 80.4 Å². The lowest BCUT2D eigenvalue weighted by Gasteiger charge is -2.05. The molecule has 0 saturated carbocycles. The molecule has 2 N–H and O–H groups in total. The van der Waals surface area contributed by atoms with E-state index >= 15 is 0 Å². The van der Waals surface area contributed by atoms with Gasteiger partial charge in [0.2, 0.25) is 5.89 Å². The van der Waals surface area contributed by atoms with E-state index in [1.807, 2.05) is 24.3 Å². The van der Waals surface area contributed by atoms with E-state index in [0.717, 1.165) is 11.3 Å². The van der Waals surface area contributed by atoms with Crippen molar-refractivity contribution in [3.05, 3.63) is 41.5 Å². The van der Waals surface area contributed by atoms with Crippen LogP contribution in [0, 0.1) is 0 Å². The second-order valence-corrected chi connectivity index (χ2v) is 4.89. The molecular formula is C14H17N3O3. The van der Waals surface area contributed by atoms with Gasteiger partial charge in [-0.1, -0.05) is 23.4 Å². The highest BCUT2D eigenvalue weighted by Crippen LogP contribution is 2.24. The number of rotatable bonds is 4. The summed E-state index contributed by atoms with van der Waals surface area (Å²) in [6, 6.07) is 7.71. The van der Waals surface area contributed by atoms with Crippen LogP contribution in [-0.2, 0) is 6.42 Å². The minimum atomic E-state index is -0.343. The lowest BCUT2D eigenvalue weighted by Crippen LogP contribution is -2.15. The van der Waals surface area contributed by atoms with E-state index in [-0.39, 0.29) is 12.1 Å². The molecule has 3 rings (SSSR count). The number of nitrogens with zero attached hydrogens (tertiary/aromatic N) is 2. The highest BCUT2D eigenvalue weighted by Gasteiger charge is 2.28. The van der Waals surface area contributed by atoms with Gasteiger partial charge in [-0.05, 0) is 12.5 Å². The van der Waals surface area contributed by atoms with Gasteiger partial charge in [0.1, 0.15) is 5.75 Å². The maximum Gasteiger partial charge on any atom is 0.243 e. The first-order valence-corrected chi connectivity index (χ1v) is 6.62. The number of benzene rings is 1. The number of aliphatic hydroxyl groups is 1. The first kappa shape index (κ1) is 13.1. The van der Waals surface area contributed by atoms with E-state index in [0.29, 0.717) is 31.1 Å². The molecule has 6 heteroatoms. The van der Waals surface area contributed by atoms with Crippen molar-refractivity contribution in [2.75, 3.05) is 13.7 Å². The SMILES string of the molecule is COc1ccccc1Cc1noc([C@@H]2C[C@H](O)CN2)n1. The van der Waals surface area contributed by atoms with Crippen LogP contribution >= 0.6 is 0 Å². The molecule has 1 aliphatic rings. The molecule has 0 spiro atoms. The molecule has 106 valence electrons. The summed E-state index contributed by atoms with van der Waals surface area (Å²) in [5.41, 5.74) is 1.02. The Morgan fingerprint density at radius 1 is 1.45 bits per heavy atom. The number of ether oxygens (including phenoxy) is 1. The lowest BCUT2D eigenvalue weighted by molar-refractivity contribution is 0.191. The monoisotopic (exact) mass is 275 g/mol. The highest BCUT2D eigenvalue weighted by atomic mass is 16.5. The average Bonchev–Trinajstić information content (AvgIpc) is 3.08. The molecule has 0 aliphatic carbocycles. The second-order valence-electron chi connectivity index (χ2n) is 4.89. The van der Waals surface area contributed by atoms with Crippen molar-refractivity contribution in [2.24, 2.45) is 0 Å². The van der Waals surface area contributed by atoms with Gasteiger partial charge in [-0.3, -0.25) is 0 Å². The van der Waals surface area contributed by atoms with Crippen molar-refractivity contribution >= 4 is 0 Å². The molecule has 1 saturated heterocycles. The summed E-state index contributed by atoms with van der Waals surface area (Å²) in [5, 5.41) is 16.6. The predicted molar refractivity (Wildman–Crippen MR) is 71.5 cm³/mol. The second kappa shape index (κ2) is 5.60. The van der Waals surface area contributed by atoms with Gasteiger partial charge in [-0.25, -0.2) is 0 Å². The molecule has 2 heterocycles. The predicted octanol–water partition coefficient (Wildman–Crippen LogP) is 1.06. The quantitative estimate of drug-likeness (QED) is 0.868. The van der Waals surface area contributed by atoms with Crippen LogP contribution < -0.4 is 10.1 Å². The van der Waals surface area contributed by atoms with Gasteiger partial charge in [-0.15, -0.1) is 0 Å². The molecule has 0 unspecified atom stereocenters. The minimum Gasteiger partial charge on any atom is -0.496 e. The van der Waals surface area contributed by atoms with Gasteiger partial charge in [0, 0.05) is 18.5 Å². The molecule has 2 aromatic rings. The lowest BCUT2D eigenvalue weighted by atomic mass is 10.1. The summed E-state index contributed by atoms with van der Waals surface area (Å²) >= 11 is 0. The Bertz CT molecular complexity index is 585. The molecule has 0 radical (unpaired) electrons. The van der Waals surface area contributed by atoms with Crippen LogP contribution in [0.25, 0.3) is 0 Å². The zero-order valence-corrected chi connectivity index (χ0v) is 11.2. The molecule has 0 amide bonds. The van der Waals surface area contributed by atoms with E-state index in [2.05, 4.69) is 15.5 Å². The van der Waals surface area contributed by atoms with Crippen molar-refractivity contribution in [1.29, 1.82) is 0 Å². The van der Waals surface area contributed by atoms with Crippen molar-refractivity contribution in [2.45, 2.75) is 25.0 Å². The van der Waals surface area contributed by atoms with Gasteiger partial charge < -0.3 is 19.7 Å². The number of nitrogens with one attached hydrogen (secondary N) is 1. The number of para-hydroxylation sites is 1. The third kappa shape index (κ3) is 2.66. The third-order valence-electron chi connectivity index (χ3n) is 3.43. The first-order valence-electron chi connectivity index (χ1n) is 6.62. The average molecular weight is 275 g/mol. The zero-order valence-electron chi connectivity index (χ0n) is 11.2. The molecule has 2 atom stereocenters. The largest absolute Gasteiger partial charge is 0.496 e. The number of aliphatic hydroxyl groups excluding tert-OH is 1. The van der Waals surface area contributed by atoms with Crippen LogP contribution in [0.4, 0.5) is 0 Å². The highest BCUT2D eigenvalue weighted by molar-refractivity contribution is 5.35. The van der Waals surface area contributed by atoms with Crippen LogP contribution in [-0.4, -0.2) is 35.0 Å². The van der Waals surface area contributed by atoms with Crippen molar-refractivity contribution in [1.82, 2.24) is 15.5 Å². The van der Waals surface area contributed by atoms with Crippen molar-refractivity contribution in [3.63, 3.8) is 0 Å². The number of hydrogen-bond acceptors (Lipinski definition) is 6. The summed E-state index contributed by atoms with van der Waals surface area (Å²) in [7, 11) is 1.64. The van der Waals surface area contributed by atoms with Crippen LogP contribution in [0.15, 0.2) is 28.8 Å². The fourth-order valence-corrected chi connectivity index (χ4v) is 2.41. The van der Waals surface area contributed by atoms with Gasteiger partial charge in [0.05, 0.1) is 19.3 Å². The molecule has 1 fully saturated rings.